The van der Waals surface area contributed by atoms with Crippen LogP contribution in [0.25, 0.3) is 0 Å². The SMILES string of the molecule is CC(OC(=O)Cc1ccccc1)OC(=O)C(CCCCC(=O)O)C(C)OC(=O)Cc1ccccc1. The normalized spacial score (nSPS) is 13.2. The number of ether oxygens (including phenoxy) is 3. The van der Waals surface area contributed by atoms with Gasteiger partial charge in [0.05, 0.1) is 18.8 Å². The first-order valence-corrected chi connectivity index (χ1v) is 11.6. The van der Waals surface area contributed by atoms with Crippen molar-refractivity contribution in [3.05, 3.63) is 71.8 Å². The highest BCUT2D eigenvalue weighted by atomic mass is 16.7. The van der Waals surface area contributed by atoms with Gasteiger partial charge in [-0.2, -0.15) is 0 Å². The van der Waals surface area contributed by atoms with Crippen molar-refractivity contribution in [2.45, 2.75) is 64.8 Å². The lowest BCUT2D eigenvalue weighted by atomic mass is 9.96. The molecule has 0 aliphatic rings. The van der Waals surface area contributed by atoms with Crippen molar-refractivity contribution < 1.29 is 38.5 Å². The van der Waals surface area contributed by atoms with E-state index >= 15 is 0 Å². The Hall–Kier alpha value is -3.68. The molecule has 0 aromatic heterocycles. The number of esters is 3. The lowest BCUT2D eigenvalue weighted by Gasteiger charge is -2.24. The number of hydrogen-bond donors (Lipinski definition) is 1. The zero-order valence-corrected chi connectivity index (χ0v) is 20.1. The number of aliphatic carboxylic acids is 1. The van der Waals surface area contributed by atoms with Gasteiger partial charge >= 0.3 is 23.9 Å². The van der Waals surface area contributed by atoms with Gasteiger partial charge in [0.2, 0.25) is 6.29 Å². The van der Waals surface area contributed by atoms with E-state index in [0.717, 1.165) is 11.1 Å². The molecule has 0 saturated heterocycles. The maximum atomic E-state index is 12.9. The van der Waals surface area contributed by atoms with Crippen LogP contribution in [-0.2, 0) is 46.2 Å². The Kier molecular flexibility index (Phi) is 11.5. The lowest BCUT2D eigenvalue weighted by molar-refractivity contribution is -0.190. The average molecular weight is 485 g/mol. The maximum Gasteiger partial charge on any atom is 0.315 e. The molecule has 0 amide bonds. The Morgan fingerprint density at radius 2 is 1.26 bits per heavy atom. The zero-order chi connectivity index (χ0) is 25.6. The molecule has 0 aliphatic carbocycles. The van der Waals surface area contributed by atoms with Crippen molar-refractivity contribution in [3.63, 3.8) is 0 Å². The molecule has 0 saturated carbocycles. The Morgan fingerprint density at radius 3 is 1.77 bits per heavy atom. The van der Waals surface area contributed by atoms with E-state index in [1.807, 2.05) is 36.4 Å². The summed E-state index contributed by atoms with van der Waals surface area (Å²) >= 11 is 0. The molecule has 0 radical (unpaired) electrons. The number of carboxylic acids is 1. The van der Waals surface area contributed by atoms with Gasteiger partial charge in [-0.15, -0.1) is 0 Å². The van der Waals surface area contributed by atoms with Crippen LogP contribution in [0.4, 0.5) is 0 Å². The van der Waals surface area contributed by atoms with Crippen molar-refractivity contribution in [2.75, 3.05) is 0 Å². The molecule has 2 aromatic rings. The van der Waals surface area contributed by atoms with Crippen molar-refractivity contribution in [1.29, 1.82) is 0 Å². The minimum absolute atomic E-state index is 0.0303. The van der Waals surface area contributed by atoms with Gasteiger partial charge in [-0.3, -0.25) is 19.2 Å². The van der Waals surface area contributed by atoms with E-state index in [-0.39, 0.29) is 25.7 Å². The molecule has 0 fully saturated rings. The van der Waals surface area contributed by atoms with Gasteiger partial charge in [0.15, 0.2) is 0 Å². The highest BCUT2D eigenvalue weighted by Gasteiger charge is 2.31. The summed E-state index contributed by atoms with van der Waals surface area (Å²) in [5, 5.41) is 8.86. The molecular formula is C27H32O8. The molecule has 8 nitrogen and oxygen atoms in total. The summed E-state index contributed by atoms with van der Waals surface area (Å²) in [6, 6.07) is 18.1. The predicted octanol–water partition coefficient (Wildman–Crippen LogP) is 4.10. The highest BCUT2D eigenvalue weighted by molar-refractivity contribution is 5.76. The molecule has 0 heterocycles. The molecule has 3 unspecified atom stereocenters. The molecular weight excluding hydrogens is 452 g/mol. The molecule has 8 heteroatoms. The van der Waals surface area contributed by atoms with Crippen LogP contribution in [-0.4, -0.2) is 41.4 Å². The van der Waals surface area contributed by atoms with Crippen molar-refractivity contribution in [3.8, 4) is 0 Å². The molecule has 0 bridgehead atoms. The summed E-state index contributed by atoms with van der Waals surface area (Å²) in [5.41, 5.74) is 1.55. The van der Waals surface area contributed by atoms with Crippen molar-refractivity contribution in [1.82, 2.24) is 0 Å². The number of carbonyl (C=O) groups is 4. The maximum absolute atomic E-state index is 12.9. The van der Waals surface area contributed by atoms with E-state index in [9.17, 15) is 19.2 Å². The molecule has 1 N–H and O–H groups in total. The lowest BCUT2D eigenvalue weighted by Crippen LogP contribution is -2.35. The van der Waals surface area contributed by atoms with E-state index < -0.39 is 42.2 Å². The van der Waals surface area contributed by atoms with E-state index in [1.54, 1.807) is 31.2 Å². The van der Waals surface area contributed by atoms with Gasteiger partial charge in [-0.25, -0.2) is 0 Å². The van der Waals surface area contributed by atoms with Crippen LogP contribution in [0.2, 0.25) is 0 Å². The number of hydrogen-bond acceptors (Lipinski definition) is 7. The van der Waals surface area contributed by atoms with Gasteiger partial charge in [0.25, 0.3) is 0 Å². The fourth-order valence-corrected chi connectivity index (χ4v) is 3.54. The minimum Gasteiger partial charge on any atom is -0.481 e. The molecule has 0 spiro atoms. The predicted molar refractivity (Wildman–Crippen MR) is 127 cm³/mol. The smallest absolute Gasteiger partial charge is 0.315 e. The standard InChI is InChI=1S/C27H32O8/c1-19(33-25(30)17-21-11-5-3-6-12-21)23(15-9-10-16-24(28)29)27(32)35-20(2)34-26(31)18-22-13-7-4-8-14-22/h3-8,11-14,19-20,23H,9-10,15-18H2,1-2H3,(H,28,29). The number of carbonyl (C=O) groups excluding carboxylic acids is 3. The summed E-state index contributed by atoms with van der Waals surface area (Å²) in [6.07, 6.45) is -0.828. The van der Waals surface area contributed by atoms with Crippen molar-refractivity contribution in [2.24, 2.45) is 5.92 Å². The molecule has 2 rings (SSSR count). The van der Waals surface area contributed by atoms with Gasteiger partial charge < -0.3 is 19.3 Å². The topological polar surface area (TPSA) is 116 Å². The Balaban J connectivity index is 1.94. The van der Waals surface area contributed by atoms with Crippen LogP contribution in [0.3, 0.4) is 0 Å². The van der Waals surface area contributed by atoms with Gasteiger partial charge in [0, 0.05) is 13.3 Å². The fourth-order valence-electron chi connectivity index (χ4n) is 3.54. The summed E-state index contributed by atoms with van der Waals surface area (Å²) < 4.78 is 16.0. The summed E-state index contributed by atoms with van der Waals surface area (Å²) in [4.78, 5) is 48.2. The largest absolute Gasteiger partial charge is 0.481 e. The first kappa shape index (κ1) is 27.6. The number of unbranched alkanes of at least 4 members (excludes halogenated alkanes) is 1. The quantitative estimate of drug-likeness (QED) is 0.242. The number of carboxylic acid groups (broad SMARTS) is 1. The average Bonchev–Trinajstić information content (AvgIpc) is 2.79. The third-order valence-corrected chi connectivity index (χ3v) is 5.30. The monoisotopic (exact) mass is 484 g/mol. The number of rotatable bonds is 14. The summed E-state index contributed by atoms with van der Waals surface area (Å²) in [5.74, 6) is -3.48. The third-order valence-electron chi connectivity index (χ3n) is 5.30. The highest BCUT2D eigenvalue weighted by Crippen LogP contribution is 2.20. The van der Waals surface area contributed by atoms with Crippen LogP contribution >= 0.6 is 0 Å². The van der Waals surface area contributed by atoms with Crippen LogP contribution in [0, 0.1) is 5.92 Å². The Bertz CT molecular complexity index is 958. The first-order valence-electron chi connectivity index (χ1n) is 11.6. The second-order valence-corrected chi connectivity index (χ2v) is 8.26. The van der Waals surface area contributed by atoms with Gasteiger partial charge in [0.1, 0.15) is 6.10 Å². The third kappa shape index (κ3) is 10.9. The second-order valence-electron chi connectivity index (χ2n) is 8.26. The van der Waals surface area contributed by atoms with Crippen LogP contribution < -0.4 is 0 Å². The zero-order valence-electron chi connectivity index (χ0n) is 20.1. The fraction of sp³-hybridized carbons (Fsp3) is 0.407. The van der Waals surface area contributed by atoms with Gasteiger partial charge in [-0.1, -0.05) is 67.1 Å². The Morgan fingerprint density at radius 1 is 0.743 bits per heavy atom. The first-order chi connectivity index (χ1) is 16.7. The number of benzene rings is 2. The van der Waals surface area contributed by atoms with E-state index in [4.69, 9.17) is 19.3 Å². The van der Waals surface area contributed by atoms with E-state index in [0.29, 0.717) is 12.8 Å². The summed E-state index contributed by atoms with van der Waals surface area (Å²) in [7, 11) is 0. The molecule has 35 heavy (non-hydrogen) atoms. The Labute approximate surface area is 205 Å². The van der Waals surface area contributed by atoms with Crippen LogP contribution in [0.15, 0.2) is 60.7 Å². The van der Waals surface area contributed by atoms with E-state index in [1.165, 1.54) is 6.92 Å². The van der Waals surface area contributed by atoms with Crippen LogP contribution in [0.1, 0.15) is 50.7 Å². The second kappa shape index (κ2) is 14.6. The molecule has 2 aromatic carbocycles. The van der Waals surface area contributed by atoms with E-state index in [2.05, 4.69) is 0 Å². The summed E-state index contributed by atoms with van der Waals surface area (Å²) in [6.45, 7) is 3.03. The molecule has 0 aliphatic heterocycles. The van der Waals surface area contributed by atoms with Crippen LogP contribution in [0.5, 0.6) is 0 Å². The van der Waals surface area contributed by atoms with Gasteiger partial charge in [-0.05, 0) is 30.9 Å². The van der Waals surface area contributed by atoms with Crippen molar-refractivity contribution >= 4 is 23.9 Å². The molecule has 188 valence electrons. The molecule has 3 atom stereocenters. The minimum atomic E-state index is -1.13.